The van der Waals surface area contributed by atoms with Gasteiger partial charge in [-0.25, -0.2) is 9.78 Å². The van der Waals surface area contributed by atoms with Gasteiger partial charge in [0.05, 0.1) is 28.7 Å². The molecule has 1 aromatic heterocycles. The molecule has 0 bridgehead atoms. The molecule has 25 heavy (non-hydrogen) atoms. The van der Waals surface area contributed by atoms with Crippen LogP contribution in [0, 0.1) is 6.92 Å². The van der Waals surface area contributed by atoms with E-state index in [1.54, 1.807) is 17.4 Å². The van der Waals surface area contributed by atoms with Crippen LogP contribution >= 0.6 is 11.3 Å². The fourth-order valence-electron chi connectivity index (χ4n) is 2.43. The normalized spacial score (nSPS) is 10.3. The fraction of sp³-hybridized carbons (Fsp3) is 0.158. The summed E-state index contributed by atoms with van der Waals surface area (Å²) in [6.07, 6.45) is 0. The minimum atomic E-state index is -0.327. The van der Waals surface area contributed by atoms with Gasteiger partial charge in [-0.15, -0.1) is 11.3 Å². The Balaban J connectivity index is 1.78. The molecule has 0 aliphatic carbocycles. The minimum Gasteiger partial charge on any atom is -0.492 e. The highest BCUT2D eigenvalue weighted by molar-refractivity contribution is 7.09. The van der Waals surface area contributed by atoms with Crippen LogP contribution in [0.15, 0.2) is 53.9 Å². The van der Waals surface area contributed by atoms with Crippen molar-refractivity contribution in [1.82, 2.24) is 4.98 Å². The first-order chi connectivity index (χ1) is 12.2. The van der Waals surface area contributed by atoms with E-state index < -0.39 is 0 Å². The van der Waals surface area contributed by atoms with E-state index in [4.69, 9.17) is 4.74 Å². The Morgan fingerprint density at radius 2 is 1.76 bits per heavy atom. The lowest BCUT2D eigenvalue weighted by Gasteiger charge is -2.13. The number of nitrogens with one attached hydrogen (secondary N) is 2. The number of para-hydroxylation sites is 3. The number of thiazole rings is 1. The maximum Gasteiger partial charge on any atom is 0.323 e. The van der Waals surface area contributed by atoms with Crippen molar-refractivity contribution in [1.29, 1.82) is 0 Å². The van der Waals surface area contributed by atoms with Gasteiger partial charge in [-0.2, -0.15) is 0 Å². The molecule has 0 radical (unpaired) electrons. The predicted molar refractivity (Wildman–Crippen MR) is 103 cm³/mol. The van der Waals surface area contributed by atoms with E-state index in [0.29, 0.717) is 23.7 Å². The number of aryl methyl sites for hydroxylation is 1. The molecule has 2 aromatic carbocycles. The van der Waals surface area contributed by atoms with Crippen molar-refractivity contribution < 1.29 is 9.53 Å². The van der Waals surface area contributed by atoms with Gasteiger partial charge in [0.1, 0.15) is 5.75 Å². The molecule has 0 unspecified atom stereocenters. The van der Waals surface area contributed by atoms with Crippen LogP contribution < -0.4 is 15.4 Å². The van der Waals surface area contributed by atoms with Gasteiger partial charge in [-0.05, 0) is 32.0 Å². The predicted octanol–water partition coefficient (Wildman–Crippen LogP) is 5.16. The second kappa shape index (κ2) is 7.81. The molecule has 0 saturated carbocycles. The standard InChI is InChI=1S/C19H19N3O2S/c1-3-24-18-11-7-6-10-16(18)22-19(23)21-15-9-5-4-8-14(15)17-12-25-13(2)20-17/h4-12H,3H2,1-2H3,(H2,21,22,23). The quantitative estimate of drug-likeness (QED) is 0.666. The van der Waals surface area contributed by atoms with E-state index in [2.05, 4.69) is 15.6 Å². The summed E-state index contributed by atoms with van der Waals surface area (Å²) in [6, 6.07) is 14.6. The molecule has 0 saturated heterocycles. The van der Waals surface area contributed by atoms with E-state index in [1.807, 2.05) is 61.7 Å². The van der Waals surface area contributed by atoms with Crippen molar-refractivity contribution in [2.75, 3.05) is 17.2 Å². The summed E-state index contributed by atoms with van der Waals surface area (Å²) in [4.78, 5) is 16.9. The summed E-state index contributed by atoms with van der Waals surface area (Å²) in [5.41, 5.74) is 3.08. The van der Waals surface area contributed by atoms with Crippen molar-refractivity contribution in [3.8, 4) is 17.0 Å². The zero-order valence-electron chi connectivity index (χ0n) is 14.1. The Hall–Kier alpha value is -2.86. The van der Waals surface area contributed by atoms with Gasteiger partial charge in [-0.3, -0.25) is 0 Å². The number of aromatic nitrogens is 1. The average molecular weight is 353 g/mol. The number of hydrogen-bond donors (Lipinski definition) is 2. The van der Waals surface area contributed by atoms with E-state index in [9.17, 15) is 4.79 Å². The van der Waals surface area contributed by atoms with Gasteiger partial charge in [0.25, 0.3) is 0 Å². The Morgan fingerprint density at radius 3 is 2.48 bits per heavy atom. The summed E-state index contributed by atoms with van der Waals surface area (Å²) in [5.74, 6) is 0.642. The van der Waals surface area contributed by atoms with Gasteiger partial charge in [-0.1, -0.05) is 30.3 Å². The van der Waals surface area contributed by atoms with E-state index in [-0.39, 0.29) is 6.03 Å². The molecule has 0 aliphatic rings. The largest absolute Gasteiger partial charge is 0.492 e. The lowest BCUT2D eigenvalue weighted by Crippen LogP contribution is -2.20. The second-order valence-corrected chi connectivity index (χ2v) is 6.37. The highest BCUT2D eigenvalue weighted by Gasteiger charge is 2.12. The monoisotopic (exact) mass is 353 g/mol. The fourth-order valence-corrected chi connectivity index (χ4v) is 3.04. The van der Waals surface area contributed by atoms with Crippen LogP contribution in [0.5, 0.6) is 5.75 Å². The molecular weight excluding hydrogens is 334 g/mol. The topological polar surface area (TPSA) is 63.2 Å². The van der Waals surface area contributed by atoms with E-state index in [1.165, 1.54) is 0 Å². The number of benzene rings is 2. The third-order valence-corrected chi connectivity index (χ3v) is 4.28. The van der Waals surface area contributed by atoms with E-state index >= 15 is 0 Å². The van der Waals surface area contributed by atoms with Crippen LogP contribution in [-0.4, -0.2) is 17.6 Å². The number of hydrogen-bond acceptors (Lipinski definition) is 4. The average Bonchev–Trinajstić information content (AvgIpc) is 3.03. The summed E-state index contributed by atoms with van der Waals surface area (Å²) < 4.78 is 5.53. The number of urea groups is 1. The number of anilines is 2. The lowest BCUT2D eigenvalue weighted by molar-refractivity contribution is 0.262. The lowest BCUT2D eigenvalue weighted by atomic mass is 10.1. The van der Waals surface area contributed by atoms with E-state index in [0.717, 1.165) is 16.3 Å². The van der Waals surface area contributed by atoms with Gasteiger partial charge < -0.3 is 15.4 Å². The van der Waals surface area contributed by atoms with Crippen molar-refractivity contribution in [3.05, 3.63) is 58.9 Å². The van der Waals surface area contributed by atoms with Crippen molar-refractivity contribution in [2.45, 2.75) is 13.8 Å². The second-order valence-electron chi connectivity index (χ2n) is 5.31. The van der Waals surface area contributed by atoms with Crippen molar-refractivity contribution >= 4 is 28.7 Å². The molecule has 0 fully saturated rings. The zero-order chi connectivity index (χ0) is 17.6. The smallest absolute Gasteiger partial charge is 0.323 e. The first-order valence-electron chi connectivity index (χ1n) is 7.98. The first kappa shape index (κ1) is 17.0. The number of ether oxygens (including phenoxy) is 1. The summed E-state index contributed by atoms with van der Waals surface area (Å²) in [7, 11) is 0. The minimum absolute atomic E-state index is 0.327. The summed E-state index contributed by atoms with van der Waals surface area (Å²) in [6.45, 7) is 4.40. The maximum atomic E-state index is 12.4. The highest BCUT2D eigenvalue weighted by atomic mass is 32.1. The molecular formula is C19H19N3O2S. The summed E-state index contributed by atoms with van der Waals surface area (Å²) in [5, 5.41) is 8.70. The number of carbonyl (C=O) groups excluding carboxylic acids is 1. The molecule has 128 valence electrons. The molecule has 2 amide bonds. The van der Waals surface area contributed by atoms with Crippen LogP contribution in [0.1, 0.15) is 11.9 Å². The van der Waals surface area contributed by atoms with Gasteiger partial charge >= 0.3 is 6.03 Å². The van der Waals surface area contributed by atoms with Crippen LogP contribution in [0.2, 0.25) is 0 Å². The first-order valence-corrected chi connectivity index (χ1v) is 8.86. The summed E-state index contributed by atoms with van der Waals surface area (Å²) >= 11 is 1.58. The number of rotatable bonds is 5. The van der Waals surface area contributed by atoms with Gasteiger partial charge in [0.2, 0.25) is 0 Å². The Bertz CT molecular complexity index is 876. The van der Waals surface area contributed by atoms with Crippen molar-refractivity contribution in [3.63, 3.8) is 0 Å². The third-order valence-electron chi connectivity index (χ3n) is 3.51. The third kappa shape index (κ3) is 4.16. The Morgan fingerprint density at radius 1 is 1.08 bits per heavy atom. The van der Waals surface area contributed by atoms with Gasteiger partial charge in [0.15, 0.2) is 0 Å². The maximum absolute atomic E-state index is 12.4. The molecule has 3 aromatic rings. The van der Waals surface area contributed by atoms with Crippen LogP contribution in [0.25, 0.3) is 11.3 Å². The molecule has 0 aliphatic heterocycles. The number of nitrogens with zero attached hydrogens (tertiary/aromatic N) is 1. The molecule has 0 atom stereocenters. The molecule has 2 N–H and O–H groups in total. The highest BCUT2D eigenvalue weighted by Crippen LogP contribution is 2.29. The Kier molecular flexibility index (Phi) is 5.30. The molecule has 3 rings (SSSR count). The van der Waals surface area contributed by atoms with Crippen molar-refractivity contribution in [2.24, 2.45) is 0 Å². The van der Waals surface area contributed by atoms with Crippen LogP contribution in [0.4, 0.5) is 16.2 Å². The van der Waals surface area contributed by atoms with Crippen LogP contribution in [0.3, 0.4) is 0 Å². The molecule has 1 heterocycles. The molecule has 0 spiro atoms. The van der Waals surface area contributed by atoms with Gasteiger partial charge in [0, 0.05) is 10.9 Å². The number of carbonyl (C=O) groups is 1. The zero-order valence-corrected chi connectivity index (χ0v) is 14.9. The van der Waals surface area contributed by atoms with Crippen LogP contribution in [-0.2, 0) is 0 Å². The Labute approximate surface area is 150 Å². The SMILES string of the molecule is CCOc1ccccc1NC(=O)Nc1ccccc1-c1csc(C)n1. The molecule has 6 heteroatoms. The molecule has 5 nitrogen and oxygen atoms in total. The number of amides is 2.